The molecule has 2 amide bonds. The van der Waals surface area contributed by atoms with E-state index in [0.29, 0.717) is 30.9 Å². The highest BCUT2D eigenvalue weighted by molar-refractivity contribution is 5.94. The number of nitrogens with zero attached hydrogens (tertiary/aromatic N) is 3. The molecule has 1 N–H and O–H groups in total. The molecule has 28 heavy (non-hydrogen) atoms. The van der Waals surface area contributed by atoms with Crippen molar-refractivity contribution in [3.05, 3.63) is 71.8 Å². The molecule has 1 saturated heterocycles. The van der Waals surface area contributed by atoms with Crippen LogP contribution in [0.5, 0.6) is 0 Å². The number of rotatable bonds is 5. The van der Waals surface area contributed by atoms with Gasteiger partial charge in [-0.3, -0.25) is 9.59 Å². The molecule has 0 spiro atoms. The molecule has 0 saturated carbocycles. The van der Waals surface area contributed by atoms with Gasteiger partial charge in [0.15, 0.2) is 0 Å². The van der Waals surface area contributed by atoms with Crippen LogP contribution >= 0.6 is 0 Å². The van der Waals surface area contributed by atoms with Crippen molar-refractivity contribution in [3.63, 3.8) is 0 Å². The number of carbonyl (C=O) groups is 2. The minimum atomic E-state index is -0.243. The van der Waals surface area contributed by atoms with Crippen molar-refractivity contribution < 1.29 is 9.59 Å². The Balaban J connectivity index is 1.43. The molecule has 1 aliphatic heterocycles. The van der Waals surface area contributed by atoms with Crippen LogP contribution in [-0.4, -0.2) is 39.3 Å². The molecule has 1 fully saturated rings. The van der Waals surface area contributed by atoms with E-state index in [1.54, 1.807) is 0 Å². The summed E-state index contributed by atoms with van der Waals surface area (Å²) in [5.41, 5.74) is 1.53. The molecule has 1 aliphatic rings. The zero-order chi connectivity index (χ0) is 19.5. The van der Waals surface area contributed by atoms with Crippen molar-refractivity contribution in [2.45, 2.75) is 32.4 Å². The maximum atomic E-state index is 12.5. The molecule has 142 valence electrons. The first-order valence-corrected chi connectivity index (χ1v) is 9.50. The predicted octanol–water partition coefficient (Wildman–Crippen LogP) is 2.72. The van der Waals surface area contributed by atoms with Gasteiger partial charge in [-0.1, -0.05) is 49.4 Å². The number of hydrogen-bond donors (Lipinski definition) is 1. The van der Waals surface area contributed by atoms with Gasteiger partial charge >= 0.3 is 0 Å². The van der Waals surface area contributed by atoms with Crippen molar-refractivity contribution in [3.8, 4) is 0 Å². The lowest BCUT2D eigenvalue weighted by molar-refractivity contribution is -0.128. The Morgan fingerprint density at radius 1 is 1.14 bits per heavy atom. The lowest BCUT2D eigenvalue weighted by atomic mass is 10.0. The lowest BCUT2D eigenvalue weighted by Crippen LogP contribution is -2.37. The maximum Gasteiger partial charge on any atom is 0.254 e. The van der Waals surface area contributed by atoms with Crippen LogP contribution in [0.1, 0.15) is 35.1 Å². The van der Waals surface area contributed by atoms with Gasteiger partial charge in [0, 0.05) is 38.3 Å². The second-order valence-corrected chi connectivity index (χ2v) is 7.03. The molecular formula is C22H22N4O2. The number of aromatic nitrogens is 2. The predicted molar refractivity (Wildman–Crippen MR) is 107 cm³/mol. The van der Waals surface area contributed by atoms with Gasteiger partial charge in [0.1, 0.15) is 5.82 Å². The molecule has 6 heteroatoms. The highest BCUT2D eigenvalue weighted by Crippen LogP contribution is 2.22. The second kappa shape index (κ2) is 7.76. The molecule has 0 bridgehead atoms. The molecule has 4 rings (SSSR count). The summed E-state index contributed by atoms with van der Waals surface area (Å²) >= 11 is 0. The van der Waals surface area contributed by atoms with E-state index >= 15 is 0 Å². The molecule has 6 nitrogen and oxygen atoms in total. The summed E-state index contributed by atoms with van der Waals surface area (Å²) < 4.78 is 0. The van der Waals surface area contributed by atoms with Gasteiger partial charge in [-0.05, 0) is 16.3 Å². The van der Waals surface area contributed by atoms with Crippen molar-refractivity contribution in [1.29, 1.82) is 0 Å². The van der Waals surface area contributed by atoms with E-state index in [0.717, 1.165) is 22.8 Å². The van der Waals surface area contributed by atoms with E-state index in [-0.39, 0.29) is 17.9 Å². The summed E-state index contributed by atoms with van der Waals surface area (Å²) in [7, 11) is 0. The van der Waals surface area contributed by atoms with Gasteiger partial charge in [-0.2, -0.15) is 0 Å². The Morgan fingerprint density at radius 3 is 2.68 bits per heavy atom. The average molecular weight is 374 g/mol. The molecular weight excluding hydrogens is 352 g/mol. The van der Waals surface area contributed by atoms with Gasteiger partial charge in [0.25, 0.3) is 5.91 Å². The van der Waals surface area contributed by atoms with E-state index in [1.165, 1.54) is 12.4 Å². The van der Waals surface area contributed by atoms with Crippen LogP contribution in [0, 0.1) is 0 Å². The molecule has 0 unspecified atom stereocenters. The Kier molecular flexibility index (Phi) is 5.02. The zero-order valence-electron chi connectivity index (χ0n) is 15.8. The summed E-state index contributed by atoms with van der Waals surface area (Å²) in [6, 6.07) is 14.1. The molecule has 2 heterocycles. The first kappa shape index (κ1) is 18.1. The van der Waals surface area contributed by atoms with Gasteiger partial charge in [-0.25, -0.2) is 9.97 Å². The summed E-state index contributed by atoms with van der Waals surface area (Å²) in [6.07, 6.45) is 4.10. The number of amides is 2. The largest absolute Gasteiger partial charge is 0.347 e. The van der Waals surface area contributed by atoms with E-state index < -0.39 is 0 Å². The Bertz CT molecular complexity index is 1010. The Morgan fingerprint density at radius 2 is 1.89 bits per heavy atom. The van der Waals surface area contributed by atoms with Crippen molar-refractivity contribution in [2.24, 2.45) is 0 Å². The number of likely N-dealkylation sites (tertiary alicyclic amines) is 1. The summed E-state index contributed by atoms with van der Waals surface area (Å²) in [4.78, 5) is 35.0. The fourth-order valence-electron chi connectivity index (χ4n) is 3.58. The van der Waals surface area contributed by atoms with Crippen molar-refractivity contribution >= 4 is 22.6 Å². The van der Waals surface area contributed by atoms with Crippen LogP contribution in [0.2, 0.25) is 0 Å². The van der Waals surface area contributed by atoms with Gasteiger partial charge in [-0.15, -0.1) is 0 Å². The van der Waals surface area contributed by atoms with E-state index in [1.807, 2.05) is 36.1 Å². The molecule has 1 atom stereocenters. The van der Waals surface area contributed by atoms with Crippen LogP contribution in [0.25, 0.3) is 10.8 Å². The van der Waals surface area contributed by atoms with Crippen LogP contribution in [0.15, 0.2) is 54.9 Å². The minimum Gasteiger partial charge on any atom is -0.347 e. The Labute approximate surface area is 163 Å². The highest BCUT2D eigenvalue weighted by atomic mass is 16.2. The molecule has 1 aromatic heterocycles. The average Bonchev–Trinajstić information content (AvgIpc) is 3.07. The van der Waals surface area contributed by atoms with Crippen molar-refractivity contribution in [1.82, 2.24) is 20.2 Å². The maximum absolute atomic E-state index is 12.5. The number of aryl methyl sites for hydroxylation is 1. The van der Waals surface area contributed by atoms with Gasteiger partial charge < -0.3 is 10.2 Å². The zero-order valence-corrected chi connectivity index (χ0v) is 15.8. The third-order valence-electron chi connectivity index (χ3n) is 5.07. The molecule has 0 aliphatic carbocycles. The fourth-order valence-corrected chi connectivity index (χ4v) is 3.58. The first-order chi connectivity index (χ1) is 13.6. The third kappa shape index (κ3) is 3.71. The van der Waals surface area contributed by atoms with Crippen LogP contribution in [-0.2, 0) is 17.8 Å². The van der Waals surface area contributed by atoms with Crippen LogP contribution < -0.4 is 5.32 Å². The Hall–Kier alpha value is -3.28. The molecule has 2 aromatic carbocycles. The highest BCUT2D eigenvalue weighted by Gasteiger charge is 2.31. The number of fused-ring (bicyclic) bond motifs is 1. The summed E-state index contributed by atoms with van der Waals surface area (Å²) in [5.74, 6) is 0.511. The van der Waals surface area contributed by atoms with Gasteiger partial charge in [0.05, 0.1) is 11.6 Å². The monoisotopic (exact) mass is 374 g/mol. The SMILES string of the molecule is CCc1ncc(C(=O)N[C@@H]2CC(=O)N(Cc3cccc4ccccc34)C2)cn1. The first-order valence-electron chi connectivity index (χ1n) is 9.50. The lowest BCUT2D eigenvalue weighted by Gasteiger charge is -2.18. The number of nitrogens with one attached hydrogen (secondary N) is 1. The topological polar surface area (TPSA) is 75.2 Å². The second-order valence-electron chi connectivity index (χ2n) is 7.03. The quantitative estimate of drug-likeness (QED) is 0.745. The van der Waals surface area contributed by atoms with Gasteiger partial charge in [0.2, 0.25) is 5.91 Å². The fraction of sp³-hybridized carbons (Fsp3) is 0.273. The van der Waals surface area contributed by atoms with E-state index in [2.05, 4.69) is 33.5 Å². The van der Waals surface area contributed by atoms with Crippen LogP contribution in [0.3, 0.4) is 0 Å². The molecule has 3 aromatic rings. The summed E-state index contributed by atoms with van der Waals surface area (Å²) in [5, 5.41) is 5.25. The summed E-state index contributed by atoms with van der Waals surface area (Å²) in [6.45, 7) is 3.01. The number of hydrogen-bond acceptors (Lipinski definition) is 4. The number of benzene rings is 2. The van der Waals surface area contributed by atoms with Crippen molar-refractivity contribution in [2.75, 3.05) is 6.54 Å². The minimum absolute atomic E-state index is 0.0517. The smallest absolute Gasteiger partial charge is 0.254 e. The van der Waals surface area contributed by atoms with E-state index in [9.17, 15) is 9.59 Å². The standard InChI is InChI=1S/C22H22N4O2/c1-2-20-23-11-17(12-24-20)22(28)25-18-10-21(27)26(14-18)13-16-8-5-7-15-6-3-4-9-19(15)16/h3-9,11-12,18H,2,10,13-14H2,1H3,(H,25,28)/t18-/m1/s1. The van der Waals surface area contributed by atoms with E-state index in [4.69, 9.17) is 0 Å². The normalized spacial score (nSPS) is 16.5. The third-order valence-corrected chi connectivity index (χ3v) is 5.07. The molecule has 0 radical (unpaired) electrons. The number of carbonyl (C=O) groups excluding carboxylic acids is 2. The van der Waals surface area contributed by atoms with Crippen LogP contribution in [0.4, 0.5) is 0 Å².